The van der Waals surface area contributed by atoms with Gasteiger partial charge in [0.15, 0.2) is 0 Å². The first-order chi connectivity index (χ1) is 7.70. The Kier molecular flexibility index (Phi) is 8.21. The second-order valence-corrected chi connectivity index (χ2v) is 3.84. The van der Waals surface area contributed by atoms with Crippen molar-refractivity contribution in [1.82, 2.24) is 15.1 Å². The summed E-state index contributed by atoms with van der Waals surface area (Å²) in [5.41, 5.74) is 3.71. The van der Waals surface area contributed by atoms with E-state index in [0.717, 1.165) is 38.5 Å². The topological polar surface area (TPSA) is 39.1 Å². The molecule has 5 heteroatoms. The number of aryl methyl sites for hydroxylation is 2. The molecular weight excluding hydrogens is 238 g/mol. The fraction of sp³-hybridized carbons (Fsp3) is 0.750. The van der Waals surface area contributed by atoms with E-state index in [9.17, 15) is 0 Å². The van der Waals surface area contributed by atoms with Gasteiger partial charge in [-0.2, -0.15) is 5.10 Å². The number of nitrogens with zero attached hydrogens (tertiary/aromatic N) is 2. The van der Waals surface area contributed by atoms with E-state index in [4.69, 9.17) is 4.74 Å². The standard InChI is InChI=1S/C12H23N3O.ClH/c1-5-15-11(4)12(10(3)14-15)9-13-7-8-16-6-2;/h13H,5-9H2,1-4H3;1H. The number of ether oxygens (including phenoxy) is 1. The lowest BCUT2D eigenvalue weighted by atomic mass is 10.2. The third-order valence-electron chi connectivity index (χ3n) is 2.76. The highest BCUT2D eigenvalue weighted by Gasteiger charge is 2.09. The van der Waals surface area contributed by atoms with Crippen LogP contribution >= 0.6 is 12.4 Å². The molecule has 0 saturated carbocycles. The molecular formula is C12H24ClN3O. The largest absolute Gasteiger partial charge is 0.380 e. The summed E-state index contributed by atoms with van der Waals surface area (Å²) in [6.45, 7) is 12.6. The van der Waals surface area contributed by atoms with Crippen LogP contribution in [0.15, 0.2) is 0 Å². The van der Waals surface area contributed by atoms with E-state index >= 15 is 0 Å². The molecule has 17 heavy (non-hydrogen) atoms. The predicted octanol–water partition coefficient (Wildman–Crippen LogP) is 2.07. The second kappa shape index (κ2) is 8.50. The van der Waals surface area contributed by atoms with Gasteiger partial charge in [-0.3, -0.25) is 4.68 Å². The van der Waals surface area contributed by atoms with Crippen molar-refractivity contribution in [1.29, 1.82) is 0 Å². The Labute approximate surface area is 110 Å². The molecule has 0 spiro atoms. The van der Waals surface area contributed by atoms with Gasteiger partial charge < -0.3 is 10.1 Å². The van der Waals surface area contributed by atoms with Gasteiger partial charge in [-0.05, 0) is 27.7 Å². The summed E-state index contributed by atoms with van der Waals surface area (Å²) >= 11 is 0. The maximum Gasteiger partial charge on any atom is 0.0641 e. The molecule has 4 nitrogen and oxygen atoms in total. The fourth-order valence-corrected chi connectivity index (χ4v) is 1.80. The van der Waals surface area contributed by atoms with Gasteiger partial charge in [-0.15, -0.1) is 12.4 Å². The summed E-state index contributed by atoms with van der Waals surface area (Å²) in [7, 11) is 0. The molecule has 1 aromatic heterocycles. The maximum absolute atomic E-state index is 5.27. The summed E-state index contributed by atoms with van der Waals surface area (Å²) in [4.78, 5) is 0. The molecule has 100 valence electrons. The van der Waals surface area contributed by atoms with E-state index in [1.165, 1.54) is 11.3 Å². The van der Waals surface area contributed by atoms with Crippen molar-refractivity contribution in [3.05, 3.63) is 17.0 Å². The molecule has 0 aliphatic rings. The molecule has 0 saturated heterocycles. The van der Waals surface area contributed by atoms with Crippen LogP contribution in [0.25, 0.3) is 0 Å². The number of hydrogen-bond donors (Lipinski definition) is 1. The van der Waals surface area contributed by atoms with E-state index in [1.54, 1.807) is 0 Å². The summed E-state index contributed by atoms with van der Waals surface area (Å²) in [6.07, 6.45) is 0. The lowest BCUT2D eigenvalue weighted by Crippen LogP contribution is -2.20. The van der Waals surface area contributed by atoms with E-state index in [-0.39, 0.29) is 12.4 Å². The Balaban J connectivity index is 0.00000256. The lowest BCUT2D eigenvalue weighted by Gasteiger charge is -2.05. The van der Waals surface area contributed by atoms with Crippen molar-refractivity contribution in [3.8, 4) is 0 Å². The molecule has 0 fully saturated rings. The van der Waals surface area contributed by atoms with Crippen molar-refractivity contribution >= 4 is 12.4 Å². The van der Waals surface area contributed by atoms with Crippen molar-refractivity contribution in [2.45, 2.75) is 40.8 Å². The Bertz CT molecular complexity index is 326. The molecule has 0 aliphatic heterocycles. The molecule has 1 aromatic rings. The Morgan fingerprint density at radius 2 is 2.00 bits per heavy atom. The van der Waals surface area contributed by atoms with Gasteiger partial charge in [0.1, 0.15) is 0 Å². The highest BCUT2D eigenvalue weighted by molar-refractivity contribution is 5.85. The molecule has 0 unspecified atom stereocenters. The number of aromatic nitrogens is 2. The summed E-state index contributed by atoms with van der Waals surface area (Å²) < 4.78 is 7.33. The summed E-state index contributed by atoms with van der Waals surface area (Å²) in [6, 6.07) is 0. The highest BCUT2D eigenvalue weighted by atomic mass is 35.5. The normalized spacial score (nSPS) is 10.4. The summed E-state index contributed by atoms with van der Waals surface area (Å²) in [5.74, 6) is 0. The number of rotatable bonds is 7. The first-order valence-corrected chi connectivity index (χ1v) is 6.02. The van der Waals surface area contributed by atoms with Crippen molar-refractivity contribution in [2.75, 3.05) is 19.8 Å². The fourth-order valence-electron chi connectivity index (χ4n) is 1.80. The van der Waals surface area contributed by atoms with Gasteiger partial charge in [0.2, 0.25) is 0 Å². The van der Waals surface area contributed by atoms with Gasteiger partial charge in [0, 0.05) is 37.5 Å². The molecule has 0 aromatic carbocycles. The zero-order valence-electron chi connectivity index (χ0n) is 11.2. The third kappa shape index (κ3) is 4.66. The van der Waals surface area contributed by atoms with Crippen LogP contribution in [-0.2, 0) is 17.8 Å². The van der Waals surface area contributed by atoms with Crippen LogP contribution in [0, 0.1) is 13.8 Å². The van der Waals surface area contributed by atoms with Crippen LogP contribution in [0.1, 0.15) is 30.8 Å². The van der Waals surface area contributed by atoms with Crippen LogP contribution in [0.5, 0.6) is 0 Å². The average molecular weight is 262 g/mol. The number of halogens is 1. The molecule has 0 bridgehead atoms. The zero-order chi connectivity index (χ0) is 12.0. The molecule has 0 aliphatic carbocycles. The minimum atomic E-state index is 0. The zero-order valence-corrected chi connectivity index (χ0v) is 12.1. The van der Waals surface area contributed by atoms with Gasteiger partial charge in [-0.1, -0.05) is 0 Å². The molecule has 0 radical (unpaired) electrons. The molecule has 0 amide bonds. The van der Waals surface area contributed by atoms with Gasteiger partial charge >= 0.3 is 0 Å². The predicted molar refractivity (Wildman–Crippen MR) is 72.8 cm³/mol. The molecule has 1 heterocycles. The van der Waals surface area contributed by atoms with Crippen molar-refractivity contribution < 1.29 is 4.74 Å². The second-order valence-electron chi connectivity index (χ2n) is 3.84. The Morgan fingerprint density at radius 3 is 2.53 bits per heavy atom. The van der Waals surface area contributed by atoms with Gasteiger partial charge in [0.25, 0.3) is 0 Å². The van der Waals surface area contributed by atoms with Gasteiger partial charge in [-0.25, -0.2) is 0 Å². The number of hydrogen-bond acceptors (Lipinski definition) is 3. The van der Waals surface area contributed by atoms with E-state index < -0.39 is 0 Å². The monoisotopic (exact) mass is 261 g/mol. The van der Waals surface area contributed by atoms with E-state index in [2.05, 4.69) is 35.9 Å². The van der Waals surface area contributed by atoms with Crippen LogP contribution < -0.4 is 5.32 Å². The first kappa shape index (κ1) is 16.4. The molecule has 1 N–H and O–H groups in total. The number of nitrogens with one attached hydrogen (secondary N) is 1. The Hall–Kier alpha value is -0.580. The lowest BCUT2D eigenvalue weighted by molar-refractivity contribution is 0.149. The van der Waals surface area contributed by atoms with Crippen LogP contribution in [-0.4, -0.2) is 29.5 Å². The highest BCUT2D eigenvalue weighted by Crippen LogP contribution is 2.12. The Morgan fingerprint density at radius 1 is 1.29 bits per heavy atom. The summed E-state index contributed by atoms with van der Waals surface area (Å²) in [5, 5.41) is 7.87. The van der Waals surface area contributed by atoms with Crippen LogP contribution in [0.4, 0.5) is 0 Å². The first-order valence-electron chi connectivity index (χ1n) is 6.02. The minimum absolute atomic E-state index is 0. The SMILES string of the molecule is CCOCCNCc1c(C)nn(CC)c1C.Cl. The maximum atomic E-state index is 5.27. The quantitative estimate of drug-likeness (QED) is 0.764. The van der Waals surface area contributed by atoms with Crippen molar-refractivity contribution in [2.24, 2.45) is 0 Å². The van der Waals surface area contributed by atoms with Crippen molar-refractivity contribution in [3.63, 3.8) is 0 Å². The average Bonchev–Trinajstić information content (AvgIpc) is 2.55. The van der Waals surface area contributed by atoms with E-state index in [0.29, 0.717) is 0 Å². The third-order valence-corrected chi connectivity index (χ3v) is 2.76. The van der Waals surface area contributed by atoms with Gasteiger partial charge in [0.05, 0.1) is 12.3 Å². The molecule has 1 rings (SSSR count). The smallest absolute Gasteiger partial charge is 0.0641 e. The van der Waals surface area contributed by atoms with Crippen LogP contribution in [0.3, 0.4) is 0 Å². The minimum Gasteiger partial charge on any atom is -0.380 e. The van der Waals surface area contributed by atoms with Crippen LogP contribution in [0.2, 0.25) is 0 Å². The molecule has 0 atom stereocenters. The van der Waals surface area contributed by atoms with E-state index in [1.807, 2.05) is 6.92 Å².